The molecule has 18 heteroatoms. The maximum atomic E-state index is 15.2. The average Bonchev–Trinajstić information content (AvgIpc) is 3.46. The first-order chi connectivity index (χ1) is 23.4. The summed E-state index contributed by atoms with van der Waals surface area (Å²) in [5, 5.41) is 17.8. The highest BCUT2D eigenvalue weighted by Gasteiger charge is 2.61. The fourth-order valence-corrected chi connectivity index (χ4v) is 4.62. The van der Waals surface area contributed by atoms with E-state index in [9.17, 15) is 27.9 Å². The van der Waals surface area contributed by atoms with Gasteiger partial charge in [0.15, 0.2) is 5.69 Å². The molecule has 282 valence electrons. The number of rotatable bonds is 6. The third kappa shape index (κ3) is 10.3. The lowest BCUT2D eigenvalue weighted by Gasteiger charge is -2.33. The maximum absolute atomic E-state index is 15.2. The van der Waals surface area contributed by atoms with E-state index >= 15 is 13.2 Å². The molecule has 0 spiro atoms. The zero-order valence-corrected chi connectivity index (χ0v) is 28.9. The number of aliphatic hydroxyl groups excluding tert-OH is 1. The zero-order chi connectivity index (χ0) is 38.6. The summed E-state index contributed by atoms with van der Waals surface area (Å²) in [5.74, 6) is -3.27. The summed E-state index contributed by atoms with van der Waals surface area (Å²) >= 11 is 0. The van der Waals surface area contributed by atoms with Gasteiger partial charge in [-0.3, -0.25) is 0 Å². The van der Waals surface area contributed by atoms with Gasteiger partial charge < -0.3 is 28.5 Å². The molecule has 51 heavy (non-hydrogen) atoms. The standard InChI is InChI=1S/C33H40F6N4O8/c1-9-12-19(10-2)18-48-31(33(37,38)39)15-14-20(44)13-11-16-47-24-21(32(34,35)36)17-22(23(40-24)25-41-42-26(31)49-25)43(27(45)50-29(3,4)5)28(46)51-30(6,7)8/h9-10,12,17,20,44H,1-2,11,13-16,18H2,3-8H3/b19-12+. The van der Waals surface area contributed by atoms with E-state index in [2.05, 4.69) is 28.3 Å². The summed E-state index contributed by atoms with van der Waals surface area (Å²) in [5.41, 5.74) is -9.24. The molecule has 4 bridgehead atoms. The van der Waals surface area contributed by atoms with Gasteiger partial charge in [-0.05, 0) is 78.9 Å². The fourth-order valence-electron chi connectivity index (χ4n) is 4.62. The lowest BCUT2D eigenvalue weighted by atomic mass is 9.93. The molecule has 0 radical (unpaired) electrons. The molecule has 2 atom stereocenters. The summed E-state index contributed by atoms with van der Waals surface area (Å²) in [4.78, 5) is 31.0. The van der Waals surface area contributed by atoms with Crippen LogP contribution < -0.4 is 9.64 Å². The molecule has 3 rings (SSSR count). The Morgan fingerprint density at radius 1 is 1.02 bits per heavy atom. The van der Waals surface area contributed by atoms with Crippen molar-refractivity contribution >= 4 is 17.9 Å². The Hall–Kier alpha value is -4.45. The number of imide groups is 1. The Labute approximate surface area is 290 Å². The van der Waals surface area contributed by atoms with Gasteiger partial charge in [0, 0.05) is 0 Å². The minimum atomic E-state index is -5.28. The molecule has 2 aromatic rings. The number of hydrogen-bond acceptors (Lipinski definition) is 11. The van der Waals surface area contributed by atoms with E-state index < -0.39 is 108 Å². The molecule has 1 N–H and O–H groups in total. The SMILES string of the molecule is C=C/C=C(\C=C)COC1(C(F)(F)F)CCC(O)CCCOc2nc(c(N(C(=O)OC(C)(C)C)C(=O)OC(C)(C)C)cc2C(F)(F)F)-c2nnc1o2. The van der Waals surface area contributed by atoms with Gasteiger partial charge >= 0.3 is 24.5 Å². The molecule has 1 aliphatic heterocycles. The predicted molar refractivity (Wildman–Crippen MR) is 170 cm³/mol. The number of alkyl halides is 6. The van der Waals surface area contributed by atoms with E-state index in [1.165, 1.54) is 59.8 Å². The highest BCUT2D eigenvalue weighted by atomic mass is 19.4. The van der Waals surface area contributed by atoms with Gasteiger partial charge in [0.25, 0.3) is 11.8 Å². The number of pyridine rings is 1. The number of amides is 2. The Morgan fingerprint density at radius 3 is 2.14 bits per heavy atom. The van der Waals surface area contributed by atoms with Crippen molar-refractivity contribution in [2.75, 3.05) is 18.1 Å². The molecule has 3 heterocycles. The molecule has 0 saturated heterocycles. The molecular formula is C33H40F6N4O8. The number of hydrogen-bond donors (Lipinski definition) is 1. The summed E-state index contributed by atoms with van der Waals surface area (Å²) in [6.07, 6.45) is -12.8. The van der Waals surface area contributed by atoms with Crippen LogP contribution in [0.4, 0.5) is 41.6 Å². The van der Waals surface area contributed by atoms with Crippen LogP contribution in [0.25, 0.3) is 11.6 Å². The number of aromatic nitrogens is 3. The normalized spacial score (nSPS) is 19.3. The molecule has 2 unspecified atom stereocenters. The molecule has 2 aromatic heterocycles. The van der Waals surface area contributed by atoms with E-state index in [0.717, 1.165) is 0 Å². The predicted octanol–water partition coefficient (Wildman–Crippen LogP) is 8.21. The summed E-state index contributed by atoms with van der Waals surface area (Å²) in [7, 11) is 0. The van der Waals surface area contributed by atoms with Gasteiger partial charge in [0.1, 0.15) is 16.8 Å². The van der Waals surface area contributed by atoms with Gasteiger partial charge in [0.2, 0.25) is 11.5 Å². The second-order valence-corrected chi connectivity index (χ2v) is 13.4. The average molecular weight is 735 g/mol. The first kappa shape index (κ1) is 41.0. The highest BCUT2D eigenvalue weighted by molar-refractivity contribution is 6.11. The Kier molecular flexibility index (Phi) is 12.4. The second kappa shape index (κ2) is 15.4. The number of nitrogens with zero attached hydrogens (tertiary/aromatic N) is 4. The van der Waals surface area contributed by atoms with Crippen molar-refractivity contribution in [1.29, 1.82) is 0 Å². The lowest BCUT2D eigenvalue weighted by Crippen LogP contribution is -2.46. The van der Waals surface area contributed by atoms with Crippen LogP contribution in [0.5, 0.6) is 5.88 Å². The van der Waals surface area contributed by atoms with Gasteiger partial charge in [-0.2, -0.15) is 31.2 Å². The van der Waals surface area contributed by atoms with Gasteiger partial charge in [-0.1, -0.05) is 31.4 Å². The Bertz CT molecular complexity index is 1600. The van der Waals surface area contributed by atoms with Crippen LogP contribution in [0.1, 0.15) is 78.7 Å². The van der Waals surface area contributed by atoms with Crippen molar-refractivity contribution in [3.05, 3.63) is 54.5 Å². The minimum absolute atomic E-state index is 0.0885. The van der Waals surface area contributed by atoms with Crippen molar-refractivity contribution in [1.82, 2.24) is 15.2 Å². The molecule has 0 fully saturated rings. The van der Waals surface area contributed by atoms with Crippen LogP contribution in [-0.2, 0) is 26.0 Å². The topological polar surface area (TPSA) is 146 Å². The van der Waals surface area contributed by atoms with E-state index in [0.29, 0.717) is 6.07 Å². The van der Waals surface area contributed by atoms with Gasteiger partial charge in [-0.15, -0.1) is 10.2 Å². The monoisotopic (exact) mass is 734 g/mol. The minimum Gasteiger partial charge on any atom is -0.477 e. The van der Waals surface area contributed by atoms with Crippen LogP contribution >= 0.6 is 0 Å². The number of fused-ring (bicyclic) bond motifs is 5. The van der Waals surface area contributed by atoms with Gasteiger partial charge in [-0.25, -0.2) is 14.6 Å². The molecule has 0 aromatic carbocycles. The largest absolute Gasteiger partial charge is 0.477 e. The fraction of sp³-hybridized carbons (Fsp3) is 0.545. The zero-order valence-electron chi connectivity index (χ0n) is 28.9. The van der Waals surface area contributed by atoms with E-state index in [1.807, 2.05) is 0 Å². The lowest BCUT2D eigenvalue weighted by molar-refractivity contribution is -0.294. The van der Waals surface area contributed by atoms with Crippen molar-refractivity contribution in [3.63, 3.8) is 0 Å². The van der Waals surface area contributed by atoms with Crippen LogP contribution in [0.15, 0.2) is 47.4 Å². The maximum Gasteiger partial charge on any atom is 0.426 e. The van der Waals surface area contributed by atoms with E-state index in [1.54, 1.807) is 0 Å². The van der Waals surface area contributed by atoms with E-state index in [-0.39, 0.29) is 23.3 Å². The van der Waals surface area contributed by atoms with Crippen molar-refractivity contribution in [3.8, 4) is 17.5 Å². The van der Waals surface area contributed by atoms with Crippen molar-refractivity contribution in [2.45, 2.75) is 102 Å². The highest BCUT2D eigenvalue weighted by Crippen LogP contribution is 2.48. The number of carbonyl (C=O) groups excluding carboxylic acids is 2. The summed E-state index contributed by atoms with van der Waals surface area (Å²) in [6, 6.07) is 0.306. The third-order valence-electron chi connectivity index (χ3n) is 6.93. The van der Waals surface area contributed by atoms with Crippen molar-refractivity contribution in [2.24, 2.45) is 0 Å². The first-order valence-corrected chi connectivity index (χ1v) is 15.6. The molecule has 0 saturated carbocycles. The van der Waals surface area contributed by atoms with Crippen LogP contribution in [-0.4, -0.2) is 69.2 Å². The number of anilines is 1. The number of halogens is 6. The van der Waals surface area contributed by atoms with Crippen molar-refractivity contribution < 1.29 is 64.4 Å². The van der Waals surface area contributed by atoms with Crippen LogP contribution in [0.2, 0.25) is 0 Å². The molecule has 2 amide bonds. The quantitative estimate of drug-likeness (QED) is 0.226. The second-order valence-electron chi connectivity index (χ2n) is 13.4. The van der Waals surface area contributed by atoms with E-state index in [4.69, 9.17) is 23.4 Å². The smallest absolute Gasteiger partial charge is 0.426 e. The van der Waals surface area contributed by atoms with Crippen LogP contribution in [0.3, 0.4) is 0 Å². The molecule has 1 aliphatic rings. The Morgan fingerprint density at radius 2 is 1.63 bits per heavy atom. The number of aliphatic hydroxyl groups is 1. The molecule has 0 aliphatic carbocycles. The Balaban J connectivity index is 2.44. The first-order valence-electron chi connectivity index (χ1n) is 15.6. The van der Waals surface area contributed by atoms with Crippen LogP contribution in [0, 0.1) is 0 Å². The molecular weight excluding hydrogens is 694 g/mol. The van der Waals surface area contributed by atoms with Gasteiger partial charge in [0.05, 0.1) is 25.0 Å². The summed E-state index contributed by atoms with van der Waals surface area (Å²) in [6.45, 7) is 14.4. The summed E-state index contributed by atoms with van der Waals surface area (Å²) < 4.78 is 116. The number of carbonyl (C=O) groups is 2. The molecule has 12 nitrogen and oxygen atoms in total. The number of ether oxygens (including phenoxy) is 4. The number of allylic oxidation sites excluding steroid dienone is 2. The third-order valence-corrected chi connectivity index (χ3v) is 6.93.